The maximum atomic E-state index is 11.3. The van der Waals surface area contributed by atoms with Gasteiger partial charge in [0.05, 0.1) is 6.61 Å². The maximum Gasteiger partial charge on any atom is 0.397 e. The summed E-state index contributed by atoms with van der Waals surface area (Å²) in [6.45, 7) is 4.04. The molecule has 1 aliphatic rings. The number of carbonyl (C=O) groups is 1. The van der Waals surface area contributed by atoms with Crippen molar-refractivity contribution in [2.45, 2.75) is 6.42 Å². The van der Waals surface area contributed by atoms with Gasteiger partial charge in [-0.1, -0.05) is 6.08 Å². The van der Waals surface area contributed by atoms with E-state index >= 15 is 0 Å². The number of hydrogen-bond donors (Lipinski definition) is 1. The van der Waals surface area contributed by atoms with E-state index in [1.165, 1.54) is 4.90 Å². The molecule has 0 spiro atoms. The van der Waals surface area contributed by atoms with Gasteiger partial charge in [-0.25, -0.2) is 4.18 Å². The van der Waals surface area contributed by atoms with E-state index in [9.17, 15) is 13.2 Å². The summed E-state index contributed by atoms with van der Waals surface area (Å²) in [4.78, 5) is 12.8. The summed E-state index contributed by atoms with van der Waals surface area (Å²) in [5, 5.41) is 0. The summed E-state index contributed by atoms with van der Waals surface area (Å²) in [5.41, 5.74) is 0. The van der Waals surface area contributed by atoms with Crippen LogP contribution in [-0.2, 0) is 19.4 Å². The Morgan fingerprint density at radius 1 is 1.67 bits per heavy atom. The van der Waals surface area contributed by atoms with Crippen LogP contribution in [0.5, 0.6) is 0 Å². The zero-order valence-electron chi connectivity index (χ0n) is 8.13. The molecule has 1 atom stereocenters. The topological polar surface area (TPSA) is 83.9 Å². The van der Waals surface area contributed by atoms with Gasteiger partial charge in [0.25, 0.3) is 0 Å². The monoisotopic (exact) mass is 235 g/mol. The smallest absolute Gasteiger partial charge is 0.340 e. The van der Waals surface area contributed by atoms with Crippen molar-refractivity contribution < 1.29 is 21.9 Å². The van der Waals surface area contributed by atoms with Crippen molar-refractivity contribution in [1.82, 2.24) is 4.90 Å². The molecule has 0 saturated carbocycles. The van der Waals surface area contributed by atoms with E-state index in [1.54, 1.807) is 6.08 Å². The Morgan fingerprint density at radius 2 is 2.33 bits per heavy atom. The minimum atomic E-state index is -4.41. The first-order valence-electron chi connectivity index (χ1n) is 4.44. The molecule has 0 aliphatic carbocycles. The molecule has 1 N–H and O–H groups in total. The third-order valence-corrected chi connectivity index (χ3v) is 2.64. The van der Waals surface area contributed by atoms with Crippen molar-refractivity contribution in [2.75, 3.05) is 19.7 Å². The van der Waals surface area contributed by atoms with Crippen LogP contribution in [0, 0.1) is 5.92 Å². The minimum absolute atomic E-state index is 0.0566. The summed E-state index contributed by atoms with van der Waals surface area (Å²) in [6, 6.07) is 0. The Hall–Kier alpha value is -0.920. The van der Waals surface area contributed by atoms with Gasteiger partial charge in [-0.2, -0.15) is 8.42 Å². The van der Waals surface area contributed by atoms with E-state index in [0.717, 1.165) is 0 Å². The van der Waals surface area contributed by atoms with E-state index in [-0.39, 0.29) is 25.0 Å². The Balaban J connectivity index is 2.34. The summed E-state index contributed by atoms with van der Waals surface area (Å²) < 4.78 is 32.8. The van der Waals surface area contributed by atoms with E-state index < -0.39 is 10.4 Å². The Labute approximate surface area is 88.5 Å². The van der Waals surface area contributed by atoms with Gasteiger partial charge >= 0.3 is 10.4 Å². The lowest BCUT2D eigenvalue weighted by molar-refractivity contribution is -0.128. The van der Waals surface area contributed by atoms with Gasteiger partial charge in [-0.15, -0.1) is 6.58 Å². The molecule has 15 heavy (non-hydrogen) atoms. The van der Waals surface area contributed by atoms with Gasteiger partial charge in [-0.05, 0) is 0 Å². The first kappa shape index (κ1) is 12.2. The largest absolute Gasteiger partial charge is 0.397 e. The van der Waals surface area contributed by atoms with Crippen molar-refractivity contribution in [3.63, 3.8) is 0 Å². The third kappa shape index (κ3) is 3.98. The molecular weight excluding hydrogens is 222 g/mol. The zero-order valence-corrected chi connectivity index (χ0v) is 8.94. The van der Waals surface area contributed by atoms with Crippen LogP contribution in [0.25, 0.3) is 0 Å². The molecule has 0 bridgehead atoms. The molecule has 0 aromatic heterocycles. The van der Waals surface area contributed by atoms with Crippen LogP contribution < -0.4 is 0 Å². The molecule has 1 heterocycles. The normalized spacial score (nSPS) is 22.1. The van der Waals surface area contributed by atoms with Gasteiger partial charge in [0.1, 0.15) is 0 Å². The fraction of sp³-hybridized carbons (Fsp3) is 0.625. The predicted molar refractivity (Wildman–Crippen MR) is 52.4 cm³/mol. The molecule has 1 aliphatic heterocycles. The predicted octanol–water partition coefficient (Wildman–Crippen LogP) is -0.160. The first-order chi connectivity index (χ1) is 6.92. The Morgan fingerprint density at radius 3 is 2.80 bits per heavy atom. The molecule has 1 unspecified atom stereocenters. The SMILES string of the molecule is C=CC1CC(=O)N(CCOS(=O)(=O)O)C1. The molecule has 7 heteroatoms. The Kier molecular flexibility index (Phi) is 3.83. The fourth-order valence-corrected chi connectivity index (χ4v) is 1.71. The van der Waals surface area contributed by atoms with Crippen LogP contribution in [0.15, 0.2) is 12.7 Å². The first-order valence-corrected chi connectivity index (χ1v) is 5.81. The van der Waals surface area contributed by atoms with E-state index in [4.69, 9.17) is 4.55 Å². The Bertz CT molecular complexity index is 350. The van der Waals surface area contributed by atoms with Crippen molar-refractivity contribution in [1.29, 1.82) is 0 Å². The number of carbonyl (C=O) groups excluding carboxylic acids is 1. The lowest BCUT2D eigenvalue weighted by atomic mass is 10.1. The number of amides is 1. The summed E-state index contributed by atoms with van der Waals surface area (Å²) in [7, 11) is -4.41. The summed E-state index contributed by atoms with van der Waals surface area (Å²) in [6.07, 6.45) is 2.09. The van der Waals surface area contributed by atoms with Gasteiger partial charge in [0, 0.05) is 25.4 Å². The fourth-order valence-electron chi connectivity index (χ4n) is 1.43. The third-order valence-electron chi connectivity index (χ3n) is 2.17. The second-order valence-corrected chi connectivity index (χ2v) is 4.38. The molecule has 0 radical (unpaired) electrons. The van der Waals surface area contributed by atoms with Crippen LogP contribution in [0.4, 0.5) is 0 Å². The van der Waals surface area contributed by atoms with Crippen LogP contribution in [0.1, 0.15) is 6.42 Å². The van der Waals surface area contributed by atoms with Crippen molar-refractivity contribution >= 4 is 16.3 Å². The van der Waals surface area contributed by atoms with Crippen LogP contribution in [-0.4, -0.2) is 43.5 Å². The number of likely N-dealkylation sites (tertiary alicyclic amines) is 1. The van der Waals surface area contributed by atoms with E-state index in [2.05, 4.69) is 10.8 Å². The number of rotatable bonds is 5. The highest BCUT2D eigenvalue weighted by atomic mass is 32.3. The molecule has 0 aromatic rings. The second kappa shape index (κ2) is 4.73. The van der Waals surface area contributed by atoms with Crippen molar-refractivity contribution in [3.8, 4) is 0 Å². The molecule has 0 aromatic carbocycles. The van der Waals surface area contributed by atoms with Gasteiger partial charge < -0.3 is 4.90 Å². The van der Waals surface area contributed by atoms with Crippen LogP contribution in [0.2, 0.25) is 0 Å². The highest BCUT2D eigenvalue weighted by Gasteiger charge is 2.27. The van der Waals surface area contributed by atoms with E-state index in [1.807, 2.05) is 0 Å². The summed E-state index contributed by atoms with van der Waals surface area (Å²) in [5.74, 6) is 0.0575. The minimum Gasteiger partial charge on any atom is -0.340 e. The zero-order chi connectivity index (χ0) is 11.5. The molecule has 1 saturated heterocycles. The standard InChI is InChI=1S/C8H13NO5S/c1-2-7-5-8(10)9(6-7)3-4-14-15(11,12)13/h2,7H,1,3-6H2,(H,11,12,13). The average Bonchev–Trinajstić information content (AvgIpc) is 2.45. The maximum absolute atomic E-state index is 11.3. The molecule has 1 rings (SSSR count). The van der Waals surface area contributed by atoms with Crippen LogP contribution >= 0.6 is 0 Å². The van der Waals surface area contributed by atoms with Crippen LogP contribution in [0.3, 0.4) is 0 Å². The van der Waals surface area contributed by atoms with E-state index in [0.29, 0.717) is 13.0 Å². The average molecular weight is 235 g/mol. The molecule has 1 amide bonds. The van der Waals surface area contributed by atoms with Gasteiger partial charge in [-0.3, -0.25) is 9.35 Å². The van der Waals surface area contributed by atoms with Crippen molar-refractivity contribution in [2.24, 2.45) is 5.92 Å². The highest BCUT2D eigenvalue weighted by molar-refractivity contribution is 7.80. The van der Waals surface area contributed by atoms with Gasteiger partial charge in [0.2, 0.25) is 5.91 Å². The highest BCUT2D eigenvalue weighted by Crippen LogP contribution is 2.17. The van der Waals surface area contributed by atoms with Crippen molar-refractivity contribution in [3.05, 3.63) is 12.7 Å². The second-order valence-electron chi connectivity index (χ2n) is 3.29. The number of hydrogen-bond acceptors (Lipinski definition) is 4. The quantitative estimate of drug-likeness (QED) is 0.528. The number of nitrogens with zero attached hydrogens (tertiary/aromatic N) is 1. The molecule has 86 valence electrons. The van der Waals surface area contributed by atoms with Gasteiger partial charge in [0.15, 0.2) is 0 Å². The summed E-state index contributed by atoms with van der Waals surface area (Å²) >= 11 is 0. The molecule has 6 nitrogen and oxygen atoms in total. The molecular formula is C8H13NO5S. The molecule has 1 fully saturated rings. The lowest BCUT2D eigenvalue weighted by Crippen LogP contribution is -2.29. The lowest BCUT2D eigenvalue weighted by Gasteiger charge is -2.14.